The van der Waals surface area contributed by atoms with Crippen molar-refractivity contribution in [2.75, 3.05) is 5.32 Å². The fraction of sp³-hybridized carbons (Fsp3) is 0.167. The van der Waals surface area contributed by atoms with Crippen LogP contribution in [0.2, 0.25) is 5.02 Å². The van der Waals surface area contributed by atoms with E-state index in [2.05, 4.69) is 15.3 Å². The molecule has 0 saturated carbocycles. The Hall–Kier alpha value is -3.31. The zero-order valence-electron chi connectivity index (χ0n) is 17.0. The number of amides is 1. The zero-order chi connectivity index (χ0) is 21.3. The lowest BCUT2D eigenvalue weighted by atomic mass is 10.1. The van der Waals surface area contributed by atoms with Gasteiger partial charge in [0.15, 0.2) is 5.60 Å². The number of imidazole rings is 1. The molecule has 0 aliphatic rings. The number of hydrogen-bond donors (Lipinski definition) is 2. The minimum atomic E-state index is -1.07. The first-order chi connectivity index (χ1) is 14.3. The number of carbonyl (C=O) groups excluding carboxylic acids is 1. The summed E-state index contributed by atoms with van der Waals surface area (Å²) in [5.74, 6) is 1.08. The van der Waals surface area contributed by atoms with Crippen molar-refractivity contribution in [3.8, 4) is 17.1 Å². The number of aryl methyl sites for hydroxylation is 1. The van der Waals surface area contributed by atoms with E-state index in [4.69, 9.17) is 16.3 Å². The molecule has 6 heteroatoms. The quantitative estimate of drug-likeness (QED) is 0.417. The van der Waals surface area contributed by atoms with Crippen molar-refractivity contribution < 1.29 is 9.53 Å². The van der Waals surface area contributed by atoms with E-state index in [1.807, 2.05) is 49.4 Å². The van der Waals surface area contributed by atoms with Crippen LogP contribution in [0.15, 0.2) is 66.7 Å². The van der Waals surface area contributed by atoms with E-state index in [-0.39, 0.29) is 5.91 Å². The van der Waals surface area contributed by atoms with E-state index in [0.29, 0.717) is 16.5 Å². The van der Waals surface area contributed by atoms with Gasteiger partial charge in [-0.15, -0.1) is 0 Å². The third-order valence-corrected chi connectivity index (χ3v) is 5.13. The number of hydrogen-bond acceptors (Lipinski definition) is 3. The Morgan fingerprint density at radius 2 is 1.80 bits per heavy atom. The Kier molecular flexibility index (Phi) is 5.22. The van der Waals surface area contributed by atoms with Crippen LogP contribution in [0.5, 0.6) is 5.75 Å². The van der Waals surface area contributed by atoms with Crippen LogP contribution in [0.4, 0.5) is 5.69 Å². The smallest absolute Gasteiger partial charge is 0.267 e. The molecule has 0 unspecified atom stereocenters. The summed E-state index contributed by atoms with van der Waals surface area (Å²) in [5, 5.41) is 3.61. The summed E-state index contributed by atoms with van der Waals surface area (Å²) in [6, 6.07) is 20.7. The number of benzene rings is 3. The zero-order valence-corrected chi connectivity index (χ0v) is 17.7. The standard InChI is InChI=1S/C24H22ClN3O2/c1-15-8-9-16(22-26-19-6-4-5-7-20(19)27-22)14-21(15)28-23(29)24(2,3)30-18-12-10-17(25)11-13-18/h4-14H,1-3H3,(H,26,27)(H,28,29). The Balaban J connectivity index is 1.56. The summed E-state index contributed by atoms with van der Waals surface area (Å²) in [6.07, 6.45) is 0. The molecule has 1 amide bonds. The van der Waals surface area contributed by atoms with Crippen molar-refractivity contribution in [3.63, 3.8) is 0 Å². The summed E-state index contributed by atoms with van der Waals surface area (Å²) >= 11 is 5.92. The number of H-pyrrole nitrogens is 1. The molecule has 0 radical (unpaired) electrons. The van der Waals surface area contributed by atoms with E-state index in [9.17, 15) is 4.79 Å². The number of aromatic nitrogens is 2. The molecule has 3 aromatic carbocycles. The van der Waals surface area contributed by atoms with Crippen LogP contribution in [0.3, 0.4) is 0 Å². The van der Waals surface area contributed by atoms with E-state index in [1.165, 1.54) is 0 Å². The van der Waals surface area contributed by atoms with Gasteiger partial charge in [-0.1, -0.05) is 35.9 Å². The highest BCUT2D eigenvalue weighted by molar-refractivity contribution is 6.30. The number of halogens is 1. The predicted octanol–water partition coefficient (Wildman–Crippen LogP) is 5.99. The first-order valence-corrected chi connectivity index (χ1v) is 10.0. The minimum absolute atomic E-state index is 0.248. The second kappa shape index (κ2) is 7.84. The Morgan fingerprint density at radius 1 is 1.07 bits per heavy atom. The maximum Gasteiger partial charge on any atom is 0.267 e. The van der Waals surface area contributed by atoms with Crippen LogP contribution in [0, 0.1) is 6.92 Å². The van der Waals surface area contributed by atoms with Crippen molar-refractivity contribution in [3.05, 3.63) is 77.3 Å². The van der Waals surface area contributed by atoms with Gasteiger partial charge < -0.3 is 15.0 Å². The number of aromatic amines is 1. The van der Waals surface area contributed by atoms with Gasteiger partial charge in [-0.2, -0.15) is 0 Å². The molecule has 0 spiro atoms. The Labute approximate surface area is 180 Å². The molecule has 4 aromatic rings. The summed E-state index contributed by atoms with van der Waals surface area (Å²) in [7, 11) is 0. The molecular formula is C24H22ClN3O2. The average molecular weight is 420 g/mol. The summed E-state index contributed by atoms with van der Waals surface area (Å²) in [6.45, 7) is 5.41. The number of anilines is 1. The van der Waals surface area contributed by atoms with Crippen molar-refractivity contribution >= 4 is 34.2 Å². The van der Waals surface area contributed by atoms with Crippen LogP contribution in [0.25, 0.3) is 22.4 Å². The van der Waals surface area contributed by atoms with E-state index < -0.39 is 5.60 Å². The lowest BCUT2D eigenvalue weighted by Gasteiger charge is -2.26. The molecule has 1 heterocycles. The number of nitrogens with zero attached hydrogens (tertiary/aromatic N) is 1. The topological polar surface area (TPSA) is 67.0 Å². The van der Waals surface area contributed by atoms with Gasteiger partial charge in [0.05, 0.1) is 11.0 Å². The van der Waals surface area contributed by atoms with Gasteiger partial charge in [0, 0.05) is 16.3 Å². The normalized spacial score (nSPS) is 11.5. The summed E-state index contributed by atoms with van der Waals surface area (Å²) < 4.78 is 5.90. The average Bonchev–Trinajstić information content (AvgIpc) is 3.15. The Bertz CT molecular complexity index is 1180. The maximum atomic E-state index is 13.0. The molecule has 0 atom stereocenters. The van der Waals surface area contributed by atoms with Gasteiger partial charge in [-0.25, -0.2) is 4.98 Å². The molecule has 0 fully saturated rings. The number of para-hydroxylation sites is 2. The highest BCUT2D eigenvalue weighted by Gasteiger charge is 2.30. The number of carbonyl (C=O) groups is 1. The monoisotopic (exact) mass is 419 g/mol. The predicted molar refractivity (Wildman–Crippen MR) is 121 cm³/mol. The molecule has 4 rings (SSSR count). The van der Waals surface area contributed by atoms with Gasteiger partial charge in [-0.3, -0.25) is 4.79 Å². The lowest BCUT2D eigenvalue weighted by Crippen LogP contribution is -2.42. The number of nitrogens with one attached hydrogen (secondary N) is 2. The summed E-state index contributed by atoms with van der Waals surface area (Å²) in [5.41, 5.74) is 3.35. The van der Waals surface area contributed by atoms with Crippen molar-refractivity contribution in [1.29, 1.82) is 0 Å². The lowest BCUT2D eigenvalue weighted by molar-refractivity contribution is -0.128. The van der Waals surface area contributed by atoms with Crippen LogP contribution >= 0.6 is 11.6 Å². The second-order valence-electron chi connectivity index (χ2n) is 7.65. The molecule has 2 N–H and O–H groups in total. The largest absolute Gasteiger partial charge is 0.478 e. The maximum absolute atomic E-state index is 13.0. The fourth-order valence-corrected chi connectivity index (χ4v) is 3.24. The third kappa shape index (κ3) is 4.16. The van der Waals surface area contributed by atoms with Crippen molar-refractivity contribution in [2.45, 2.75) is 26.4 Å². The molecule has 152 valence electrons. The van der Waals surface area contributed by atoms with Crippen LogP contribution in [0.1, 0.15) is 19.4 Å². The third-order valence-electron chi connectivity index (χ3n) is 4.88. The highest BCUT2D eigenvalue weighted by atomic mass is 35.5. The van der Waals surface area contributed by atoms with E-state index in [0.717, 1.165) is 28.0 Å². The van der Waals surface area contributed by atoms with Crippen LogP contribution in [-0.4, -0.2) is 21.5 Å². The molecular weight excluding hydrogens is 398 g/mol. The Morgan fingerprint density at radius 3 is 2.53 bits per heavy atom. The van der Waals surface area contributed by atoms with Crippen LogP contribution in [-0.2, 0) is 4.79 Å². The van der Waals surface area contributed by atoms with E-state index in [1.54, 1.807) is 38.1 Å². The first kappa shape index (κ1) is 20.0. The summed E-state index contributed by atoms with van der Waals surface area (Å²) in [4.78, 5) is 20.9. The molecule has 30 heavy (non-hydrogen) atoms. The van der Waals surface area contributed by atoms with Gasteiger partial charge in [0.25, 0.3) is 5.91 Å². The molecule has 5 nitrogen and oxygen atoms in total. The SMILES string of the molecule is Cc1ccc(-c2nc3ccccc3[nH]2)cc1NC(=O)C(C)(C)Oc1ccc(Cl)cc1. The number of rotatable bonds is 5. The van der Waals surface area contributed by atoms with Gasteiger partial charge in [0.2, 0.25) is 0 Å². The first-order valence-electron chi connectivity index (χ1n) is 9.64. The van der Waals surface area contributed by atoms with Gasteiger partial charge in [0.1, 0.15) is 11.6 Å². The van der Waals surface area contributed by atoms with E-state index >= 15 is 0 Å². The molecule has 0 bridgehead atoms. The van der Waals surface area contributed by atoms with Crippen molar-refractivity contribution in [1.82, 2.24) is 9.97 Å². The number of fused-ring (bicyclic) bond motifs is 1. The van der Waals surface area contributed by atoms with Gasteiger partial charge in [-0.05, 0) is 68.8 Å². The molecule has 0 aliphatic carbocycles. The molecule has 0 saturated heterocycles. The van der Waals surface area contributed by atoms with Crippen molar-refractivity contribution in [2.24, 2.45) is 0 Å². The fourth-order valence-electron chi connectivity index (χ4n) is 3.11. The second-order valence-corrected chi connectivity index (χ2v) is 8.09. The van der Waals surface area contributed by atoms with Gasteiger partial charge >= 0.3 is 0 Å². The molecule has 1 aromatic heterocycles. The highest BCUT2D eigenvalue weighted by Crippen LogP contribution is 2.27. The number of ether oxygens (including phenoxy) is 1. The minimum Gasteiger partial charge on any atom is -0.478 e. The van der Waals surface area contributed by atoms with Crippen LogP contribution < -0.4 is 10.1 Å². The molecule has 0 aliphatic heterocycles.